The van der Waals surface area contributed by atoms with Gasteiger partial charge in [-0.15, -0.1) is 11.3 Å². The topological polar surface area (TPSA) is 88.7 Å². The number of carbonyl (C=O) groups is 3. The number of nitrogens with one attached hydrogen (secondary N) is 1. The average Bonchev–Trinajstić information content (AvgIpc) is 3.56. The number of para-hydroxylation sites is 1. The first-order valence-corrected chi connectivity index (χ1v) is 10.9. The van der Waals surface area contributed by atoms with E-state index in [0.717, 1.165) is 47.7 Å². The van der Waals surface area contributed by atoms with E-state index in [9.17, 15) is 14.4 Å². The molecule has 0 unspecified atom stereocenters. The number of ketones is 1. The summed E-state index contributed by atoms with van der Waals surface area (Å²) in [6.07, 6.45) is 3.48. The van der Waals surface area contributed by atoms with E-state index in [4.69, 9.17) is 9.47 Å². The molecule has 5 rings (SSSR count). The molecule has 1 fully saturated rings. The Kier molecular flexibility index (Phi) is 5.07. The van der Waals surface area contributed by atoms with Gasteiger partial charge in [0.15, 0.2) is 6.61 Å². The van der Waals surface area contributed by atoms with Gasteiger partial charge in [-0.1, -0.05) is 12.1 Å². The maximum absolute atomic E-state index is 12.5. The van der Waals surface area contributed by atoms with Gasteiger partial charge < -0.3 is 19.4 Å². The molecule has 31 heavy (non-hydrogen) atoms. The third-order valence-corrected chi connectivity index (χ3v) is 6.68. The fourth-order valence-electron chi connectivity index (χ4n) is 3.86. The minimum absolute atomic E-state index is 0.111. The summed E-state index contributed by atoms with van der Waals surface area (Å²) < 4.78 is 11.0. The number of nitrogens with zero attached hydrogens (tertiary/aromatic N) is 1. The van der Waals surface area contributed by atoms with Gasteiger partial charge in [0, 0.05) is 40.9 Å². The molecule has 3 aromatic rings. The van der Waals surface area contributed by atoms with Crippen molar-refractivity contribution in [1.29, 1.82) is 0 Å². The van der Waals surface area contributed by atoms with Crippen LogP contribution in [0.15, 0.2) is 42.6 Å². The Bertz CT molecular complexity index is 1170. The van der Waals surface area contributed by atoms with Crippen molar-refractivity contribution in [3.63, 3.8) is 0 Å². The molecule has 1 amide bonds. The van der Waals surface area contributed by atoms with Gasteiger partial charge >= 0.3 is 5.97 Å². The molecular formula is C23H20N2O5S. The van der Waals surface area contributed by atoms with E-state index in [1.807, 2.05) is 24.3 Å². The number of Topliss-reactive ketones (excluding diaryl/α,β-unsaturated/α-hetero) is 1. The van der Waals surface area contributed by atoms with Crippen LogP contribution < -0.4 is 4.74 Å². The van der Waals surface area contributed by atoms with E-state index < -0.39 is 5.97 Å². The average molecular weight is 436 g/mol. The van der Waals surface area contributed by atoms with Crippen molar-refractivity contribution in [2.75, 3.05) is 19.7 Å². The molecule has 2 aliphatic heterocycles. The third kappa shape index (κ3) is 3.74. The fourth-order valence-corrected chi connectivity index (χ4v) is 4.95. The molecule has 1 N–H and O–H groups in total. The summed E-state index contributed by atoms with van der Waals surface area (Å²) in [5, 5.41) is 0. The van der Waals surface area contributed by atoms with Crippen LogP contribution in [0.4, 0.5) is 0 Å². The first-order chi connectivity index (χ1) is 15.1. The van der Waals surface area contributed by atoms with Gasteiger partial charge in [-0.25, -0.2) is 4.79 Å². The highest BCUT2D eigenvalue weighted by Crippen LogP contribution is 2.42. The molecule has 7 nitrogen and oxygen atoms in total. The molecule has 0 radical (unpaired) electrons. The highest BCUT2D eigenvalue weighted by Gasteiger charge is 2.25. The van der Waals surface area contributed by atoms with Crippen LogP contribution in [0.25, 0.3) is 10.4 Å². The Morgan fingerprint density at radius 3 is 2.77 bits per heavy atom. The number of rotatable bonds is 5. The summed E-state index contributed by atoms with van der Waals surface area (Å²) in [6.45, 7) is 1.48. The number of carbonyl (C=O) groups excluding carboxylic acids is 3. The van der Waals surface area contributed by atoms with Crippen LogP contribution in [-0.2, 0) is 11.3 Å². The van der Waals surface area contributed by atoms with Crippen molar-refractivity contribution in [3.8, 4) is 16.2 Å². The maximum atomic E-state index is 12.5. The minimum Gasteiger partial charge on any atom is -0.488 e. The number of esters is 1. The molecule has 1 aromatic carbocycles. The smallest absolute Gasteiger partial charge is 0.348 e. The summed E-state index contributed by atoms with van der Waals surface area (Å²) in [5.41, 5.74) is 2.58. The molecule has 4 heterocycles. The van der Waals surface area contributed by atoms with Gasteiger partial charge in [0.25, 0.3) is 5.91 Å². The molecule has 2 aromatic heterocycles. The van der Waals surface area contributed by atoms with Gasteiger partial charge in [-0.05, 0) is 37.1 Å². The Hall–Kier alpha value is -3.39. The van der Waals surface area contributed by atoms with Crippen LogP contribution in [0.3, 0.4) is 0 Å². The lowest BCUT2D eigenvalue weighted by atomic mass is 10.1. The van der Waals surface area contributed by atoms with Crippen molar-refractivity contribution >= 4 is 29.0 Å². The quantitative estimate of drug-likeness (QED) is 0.484. The van der Waals surface area contributed by atoms with E-state index in [2.05, 4.69) is 4.98 Å². The van der Waals surface area contributed by atoms with Crippen molar-refractivity contribution in [3.05, 3.63) is 64.3 Å². The molecule has 0 aliphatic carbocycles. The number of aromatic amines is 1. The highest BCUT2D eigenvalue weighted by atomic mass is 32.1. The summed E-state index contributed by atoms with van der Waals surface area (Å²) in [4.78, 5) is 43.4. The summed E-state index contributed by atoms with van der Waals surface area (Å²) in [6, 6.07) is 11.0. The number of H-pyrrole nitrogens is 1. The van der Waals surface area contributed by atoms with E-state index >= 15 is 0 Å². The Morgan fingerprint density at radius 2 is 1.94 bits per heavy atom. The molecule has 0 spiro atoms. The SMILES string of the molecule is O=C(COC(=O)c1cc2c(s1)-c1ccccc1OC2)c1c[nH]c(C(=O)N2CCCC2)c1. The number of amides is 1. The van der Waals surface area contributed by atoms with Crippen LogP contribution in [0.5, 0.6) is 5.75 Å². The highest BCUT2D eigenvalue weighted by molar-refractivity contribution is 7.17. The number of thiophene rings is 1. The number of aromatic nitrogens is 1. The monoisotopic (exact) mass is 436 g/mol. The summed E-state index contributed by atoms with van der Waals surface area (Å²) in [7, 11) is 0. The zero-order valence-corrected chi connectivity index (χ0v) is 17.5. The third-order valence-electron chi connectivity index (χ3n) is 5.49. The predicted octanol–water partition coefficient (Wildman–Crippen LogP) is 3.91. The first kappa shape index (κ1) is 19.6. The second-order valence-electron chi connectivity index (χ2n) is 7.55. The largest absolute Gasteiger partial charge is 0.488 e. The normalized spacial score (nSPS) is 14.5. The lowest BCUT2D eigenvalue weighted by molar-refractivity contribution is 0.0479. The molecule has 1 saturated heterocycles. The number of ether oxygens (including phenoxy) is 2. The lowest BCUT2D eigenvalue weighted by Gasteiger charge is -2.16. The minimum atomic E-state index is -0.547. The number of hydrogen-bond donors (Lipinski definition) is 1. The summed E-state index contributed by atoms with van der Waals surface area (Å²) >= 11 is 1.33. The van der Waals surface area contributed by atoms with Gasteiger partial charge in [-0.2, -0.15) is 0 Å². The zero-order chi connectivity index (χ0) is 21.4. The van der Waals surface area contributed by atoms with Crippen LogP contribution in [-0.4, -0.2) is 47.2 Å². The van der Waals surface area contributed by atoms with Crippen LogP contribution >= 0.6 is 11.3 Å². The second kappa shape index (κ2) is 8.03. The van der Waals surface area contributed by atoms with Crippen molar-refractivity contribution in [2.24, 2.45) is 0 Å². The number of fused-ring (bicyclic) bond motifs is 3. The zero-order valence-electron chi connectivity index (χ0n) is 16.7. The number of hydrogen-bond acceptors (Lipinski definition) is 6. The lowest BCUT2D eigenvalue weighted by Crippen LogP contribution is -2.27. The van der Waals surface area contributed by atoms with Gasteiger partial charge in [0.1, 0.15) is 22.9 Å². The van der Waals surface area contributed by atoms with Gasteiger partial charge in [-0.3, -0.25) is 9.59 Å². The molecule has 0 bridgehead atoms. The fraction of sp³-hybridized carbons (Fsp3) is 0.261. The van der Waals surface area contributed by atoms with Crippen LogP contribution in [0.1, 0.15) is 48.9 Å². The predicted molar refractivity (Wildman–Crippen MR) is 115 cm³/mol. The van der Waals surface area contributed by atoms with Crippen LogP contribution in [0, 0.1) is 0 Å². The van der Waals surface area contributed by atoms with E-state index in [0.29, 0.717) is 22.7 Å². The van der Waals surface area contributed by atoms with Crippen molar-refractivity contribution < 1.29 is 23.9 Å². The van der Waals surface area contributed by atoms with E-state index in [1.54, 1.807) is 11.0 Å². The van der Waals surface area contributed by atoms with Crippen LogP contribution in [0.2, 0.25) is 0 Å². The van der Waals surface area contributed by atoms with E-state index in [1.165, 1.54) is 23.6 Å². The number of likely N-dealkylation sites (tertiary alicyclic amines) is 1. The Labute approximate surface area is 182 Å². The van der Waals surface area contributed by atoms with E-state index in [-0.39, 0.29) is 18.3 Å². The molecule has 8 heteroatoms. The van der Waals surface area contributed by atoms with Gasteiger partial charge in [0.2, 0.25) is 5.78 Å². The van der Waals surface area contributed by atoms with Crippen molar-refractivity contribution in [2.45, 2.75) is 19.4 Å². The maximum Gasteiger partial charge on any atom is 0.348 e. The standard InChI is InChI=1S/C23H20N2O5S/c26-18(14-9-17(24-11-14)22(27)25-7-3-4-8-25)13-30-23(28)20-10-15-12-29-19-6-2-1-5-16(19)21(15)31-20/h1-2,5-6,9-11,24H,3-4,7-8,12-13H2. The van der Waals surface area contributed by atoms with Gasteiger partial charge in [0.05, 0.1) is 0 Å². The molecule has 158 valence electrons. The molecular weight excluding hydrogens is 416 g/mol. The first-order valence-electron chi connectivity index (χ1n) is 10.1. The molecule has 0 saturated carbocycles. The summed E-state index contributed by atoms with van der Waals surface area (Å²) in [5.74, 6) is -0.229. The molecule has 2 aliphatic rings. The Balaban J connectivity index is 1.23. The second-order valence-corrected chi connectivity index (χ2v) is 8.60. The number of benzene rings is 1. The van der Waals surface area contributed by atoms with Crippen molar-refractivity contribution in [1.82, 2.24) is 9.88 Å². The Morgan fingerprint density at radius 1 is 1.13 bits per heavy atom. The molecule has 0 atom stereocenters.